The lowest BCUT2D eigenvalue weighted by atomic mass is 9.93. The fourth-order valence-electron chi connectivity index (χ4n) is 3.04. The number of carboxylic acid groups (broad SMARTS) is 1. The molecule has 7 heteroatoms. The number of nitrogens with zero attached hydrogens (tertiary/aromatic N) is 1. The molecular weight excluding hydrogens is 282 g/mol. The van der Waals surface area contributed by atoms with Crippen molar-refractivity contribution in [2.24, 2.45) is 11.8 Å². The number of sulfone groups is 1. The second-order valence-electron chi connectivity index (χ2n) is 5.90. The van der Waals surface area contributed by atoms with Gasteiger partial charge in [-0.15, -0.1) is 0 Å². The SMILES string of the molecule is O=C(O)CC1CCN(C(=O)CC2CCS(=O)(=O)C2)CC1. The summed E-state index contributed by atoms with van der Waals surface area (Å²) in [6, 6.07) is 0. The predicted molar refractivity (Wildman–Crippen MR) is 72.9 cm³/mol. The van der Waals surface area contributed by atoms with E-state index in [1.54, 1.807) is 4.90 Å². The molecule has 1 N–H and O–H groups in total. The molecule has 0 radical (unpaired) electrons. The fraction of sp³-hybridized carbons (Fsp3) is 0.846. The van der Waals surface area contributed by atoms with E-state index in [1.807, 2.05) is 0 Å². The van der Waals surface area contributed by atoms with E-state index in [9.17, 15) is 18.0 Å². The molecule has 0 aromatic rings. The van der Waals surface area contributed by atoms with E-state index in [0.717, 1.165) is 12.8 Å². The van der Waals surface area contributed by atoms with Gasteiger partial charge in [0.25, 0.3) is 0 Å². The summed E-state index contributed by atoms with van der Waals surface area (Å²) in [5.41, 5.74) is 0. The van der Waals surface area contributed by atoms with Gasteiger partial charge in [-0.05, 0) is 31.1 Å². The molecule has 2 aliphatic rings. The molecule has 0 aliphatic carbocycles. The Kier molecular flexibility index (Phi) is 4.67. The first-order valence-corrected chi connectivity index (χ1v) is 8.88. The van der Waals surface area contributed by atoms with Crippen LogP contribution in [-0.4, -0.2) is 54.9 Å². The van der Waals surface area contributed by atoms with Crippen LogP contribution in [0, 0.1) is 11.8 Å². The molecule has 0 saturated carbocycles. The van der Waals surface area contributed by atoms with E-state index in [-0.39, 0.29) is 35.7 Å². The number of rotatable bonds is 4. The molecule has 1 amide bonds. The number of hydrogen-bond donors (Lipinski definition) is 1. The maximum absolute atomic E-state index is 12.1. The summed E-state index contributed by atoms with van der Waals surface area (Å²) in [6.45, 7) is 1.19. The Bertz CT molecular complexity index is 479. The Balaban J connectivity index is 1.76. The van der Waals surface area contributed by atoms with Gasteiger partial charge in [0.2, 0.25) is 5.91 Å². The maximum Gasteiger partial charge on any atom is 0.303 e. The standard InChI is InChI=1S/C13H21NO5S/c15-12(7-11-3-6-20(18,19)9-11)14-4-1-10(2-5-14)8-13(16)17/h10-11H,1-9H2,(H,16,17). The molecule has 0 aromatic carbocycles. The quantitative estimate of drug-likeness (QED) is 0.817. The third-order valence-electron chi connectivity index (χ3n) is 4.22. The summed E-state index contributed by atoms with van der Waals surface area (Å²) in [5, 5.41) is 8.74. The fourth-order valence-corrected chi connectivity index (χ4v) is 4.90. The monoisotopic (exact) mass is 303 g/mol. The molecule has 1 atom stereocenters. The van der Waals surface area contributed by atoms with Crippen LogP contribution in [0.5, 0.6) is 0 Å². The minimum absolute atomic E-state index is 0.0147. The van der Waals surface area contributed by atoms with Gasteiger partial charge in [0.15, 0.2) is 9.84 Å². The molecule has 2 saturated heterocycles. The summed E-state index contributed by atoms with van der Waals surface area (Å²) in [5.74, 6) is -0.320. The third kappa shape index (κ3) is 4.19. The highest BCUT2D eigenvalue weighted by Gasteiger charge is 2.31. The van der Waals surface area contributed by atoms with E-state index < -0.39 is 15.8 Å². The van der Waals surface area contributed by atoms with Crippen LogP contribution in [0.3, 0.4) is 0 Å². The zero-order chi connectivity index (χ0) is 14.8. The topological polar surface area (TPSA) is 91.8 Å². The van der Waals surface area contributed by atoms with Gasteiger partial charge in [-0.3, -0.25) is 9.59 Å². The largest absolute Gasteiger partial charge is 0.481 e. The smallest absolute Gasteiger partial charge is 0.303 e. The van der Waals surface area contributed by atoms with Crippen molar-refractivity contribution in [2.75, 3.05) is 24.6 Å². The number of hydrogen-bond acceptors (Lipinski definition) is 4. The van der Waals surface area contributed by atoms with Crippen LogP contribution < -0.4 is 0 Å². The molecule has 6 nitrogen and oxygen atoms in total. The van der Waals surface area contributed by atoms with Crippen molar-refractivity contribution in [3.05, 3.63) is 0 Å². The van der Waals surface area contributed by atoms with E-state index in [2.05, 4.69) is 0 Å². The van der Waals surface area contributed by atoms with E-state index in [1.165, 1.54) is 0 Å². The molecule has 2 aliphatic heterocycles. The van der Waals surface area contributed by atoms with E-state index >= 15 is 0 Å². The Labute approximate surface area is 119 Å². The number of amides is 1. The van der Waals surface area contributed by atoms with Gasteiger partial charge >= 0.3 is 5.97 Å². The number of aliphatic carboxylic acids is 1. The van der Waals surface area contributed by atoms with Crippen molar-refractivity contribution < 1.29 is 23.1 Å². The van der Waals surface area contributed by atoms with Crippen molar-refractivity contribution in [3.63, 3.8) is 0 Å². The average molecular weight is 303 g/mol. The Morgan fingerprint density at radius 3 is 2.20 bits per heavy atom. The maximum atomic E-state index is 12.1. The van der Waals surface area contributed by atoms with Crippen molar-refractivity contribution in [2.45, 2.75) is 32.1 Å². The molecule has 2 heterocycles. The lowest BCUT2D eigenvalue weighted by Crippen LogP contribution is -2.39. The van der Waals surface area contributed by atoms with Crippen molar-refractivity contribution >= 4 is 21.7 Å². The third-order valence-corrected chi connectivity index (χ3v) is 6.06. The molecule has 1 unspecified atom stereocenters. The van der Waals surface area contributed by atoms with E-state index in [4.69, 9.17) is 5.11 Å². The predicted octanol–water partition coefficient (Wildman–Crippen LogP) is 0.524. The van der Waals surface area contributed by atoms with Crippen molar-refractivity contribution in [1.82, 2.24) is 4.90 Å². The number of carboxylic acids is 1. The summed E-state index contributed by atoms with van der Waals surface area (Å²) < 4.78 is 22.7. The first-order valence-electron chi connectivity index (χ1n) is 7.06. The second kappa shape index (κ2) is 6.11. The lowest BCUT2D eigenvalue weighted by molar-refractivity contribution is -0.138. The van der Waals surface area contributed by atoms with Gasteiger partial charge in [-0.2, -0.15) is 0 Å². The number of likely N-dealkylation sites (tertiary alicyclic amines) is 1. The number of piperidine rings is 1. The average Bonchev–Trinajstić information content (AvgIpc) is 2.68. The summed E-state index contributed by atoms with van der Waals surface area (Å²) in [7, 11) is -2.93. The first-order chi connectivity index (χ1) is 9.35. The zero-order valence-electron chi connectivity index (χ0n) is 11.5. The van der Waals surface area contributed by atoms with Crippen LogP contribution in [0.2, 0.25) is 0 Å². The van der Waals surface area contributed by atoms with Gasteiger partial charge in [-0.25, -0.2) is 8.42 Å². The van der Waals surface area contributed by atoms with Crippen LogP contribution in [0.1, 0.15) is 32.1 Å². The Morgan fingerprint density at radius 1 is 1.05 bits per heavy atom. The number of carbonyl (C=O) groups excluding carboxylic acids is 1. The molecule has 20 heavy (non-hydrogen) atoms. The molecular formula is C13H21NO5S. The second-order valence-corrected chi connectivity index (χ2v) is 8.12. The van der Waals surface area contributed by atoms with Crippen molar-refractivity contribution in [3.8, 4) is 0 Å². The van der Waals surface area contributed by atoms with E-state index in [0.29, 0.717) is 25.9 Å². The molecule has 0 spiro atoms. The van der Waals surface area contributed by atoms with Crippen LogP contribution in [0.25, 0.3) is 0 Å². The first kappa shape index (κ1) is 15.3. The van der Waals surface area contributed by atoms with Crippen LogP contribution >= 0.6 is 0 Å². The Morgan fingerprint density at radius 2 is 1.70 bits per heavy atom. The molecule has 2 fully saturated rings. The Hall–Kier alpha value is -1.11. The zero-order valence-corrected chi connectivity index (χ0v) is 12.3. The summed E-state index contributed by atoms with van der Waals surface area (Å²) in [6.07, 6.45) is 2.51. The molecule has 114 valence electrons. The minimum Gasteiger partial charge on any atom is -0.481 e. The van der Waals surface area contributed by atoms with Crippen LogP contribution in [-0.2, 0) is 19.4 Å². The minimum atomic E-state index is -2.93. The van der Waals surface area contributed by atoms with Gasteiger partial charge in [0, 0.05) is 25.9 Å². The van der Waals surface area contributed by atoms with Gasteiger partial charge in [0.05, 0.1) is 11.5 Å². The molecule has 0 aromatic heterocycles. The lowest BCUT2D eigenvalue weighted by Gasteiger charge is -2.32. The van der Waals surface area contributed by atoms with Gasteiger partial charge in [-0.1, -0.05) is 0 Å². The summed E-state index contributed by atoms with van der Waals surface area (Å²) in [4.78, 5) is 24.5. The van der Waals surface area contributed by atoms with Crippen LogP contribution in [0.4, 0.5) is 0 Å². The normalized spacial score (nSPS) is 26.6. The van der Waals surface area contributed by atoms with Gasteiger partial charge < -0.3 is 10.0 Å². The molecule has 0 bridgehead atoms. The van der Waals surface area contributed by atoms with Crippen LogP contribution in [0.15, 0.2) is 0 Å². The summed E-state index contributed by atoms with van der Waals surface area (Å²) >= 11 is 0. The van der Waals surface area contributed by atoms with Crippen molar-refractivity contribution in [1.29, 1.82) is 0 Å². The molecule has 2 rings (SSSR count). The number of carbonyl (C=O) groups is 2. The highest BCUT2D eigenvalue weighted by Crippen LogP contribution is 2.25. The van der Waals surface area contributed by atoms with Gasteiger partial charge in [0.1, 0.15) is 0 Å². The highest BCUT2D eigenvalue weighted by atomic mass is 32.2. The highest BCUT2D eigenvalue weighted by molar-refractivity contribution is 7.91.